The lowest BCUT2D eigenvalue weighted by Crippen LogP contribution is -2.29. The van der Waals surface area contributed by atoms with Crippen LogP contribution in [0.15, 0.2) is 71.9 Å². The molecule has 1 atom stereocenters. The van der Waals surface area contributed by atoms with Crippen molar-refractivity contribution >= 4 is 28.5 Å². The highest BCUT2D eigenvalue weighted by Gasteiger charge is 2.29. The summed E-state index contributed by atoms with van der Waals surface area (Å²) in [6.07, 6.45) is 5.59. The van der Waals surface area contributed by atoms with Gasteiger partial charge in [-0.2, -0.15) is 0 Å². The summed E-state index contributed by atoms with van der Waals surface area (Å²) in [6, 6.07) is 17.6. The van der Waals surface area contributed by atoms with Crippen molar-refractivity contribution in [3.8, 4) is 0 Å². The molecular weight excluding hydrogens is 368 g/mol. The highest BCUT2D eigenvalue weighted by molar-refractivity contribution is 8.13. The second-order valence-electron chi connectivity index (χ2n) is 6.86. The van der Waals surface area contributed by atoms with Crippen molar-refractivity contribution in [3.05, 3.63) is 78.0 Å². The number of para-hydroxylation sites is 1. The van der Waals surface area contributed by atoms with Gasteiger partial charge in [0.05, 0.1) is 5.54 Å². The number of anilines is 1. The number of carbonyl (C=O) groups is 1. The van der Waals surface area contributed by atoms with Crippen LogP contribution in [0.25, 0.3) is 0 Å². The fourth-order valence-electron chi connectivity index (χ4n) is 3.02. The summed E-state index contributed by atoms with van der Waals surface area (Å²) in [5, 5.41) is 6.77. The Hall–Kier alpha value is -2.73. The van der Waals surface area contributed by atoms with Crippen LogP contribution in [0.3, 0.4) is 0 Å². The van der Waals surface area contributed by atoms with E-state index >= 15 is 0 Å². The topological polar surface area (TPSA) is 79.5 Å². The highest BCUT2D eigenvalue weighted by atomic mass is 32.2. The zero-order valence-corrected chi connectivity index (χ0v) is 16.8. The Morgan fingerprint density at radius 3 is 2.68 bits per heavy atom. The van der Waals surface area contributed by atoms with Gasteiger partial charge in [-0.25, -0.2) is 0 Å². The average molecular weight is 395 g/mol. The molecule has 5 nitrogen and oxygen atoms in total. The van der Waals surface area contributed by atoms with Crippen LogP contribution in [0.2, 0.25) is 0 Å². The van der Waals surface area contributed by atoms with Crippen molar-refractivity contribution in [2.75, 3.05) is 17.6 Å². The lowest BCUT2D eigenvalue weighted by Gasteiger charge is -2.29. The Labute approximate surface area is 170 Å². The molecule has 146 valence electrons. The number of thioether (sulfide) groups is 1. The van der Waals surface area contributed by atoms with Gasteiger partial charge >= 0.3 is 0 Å². The first kappa shape index (κ1) is 20.0. The van der Waals surface area contributed by atoms with E-state index < -0.39 is 0 Å². The molecular formula is C22H26N4OS. The van der Waals surface area contributed by atoms with Gasteiger partial charge in [0, 0.05) is 23.5 Å². The summed E-state index contributed by atoms with van der Waals surface area (Å²) in [5.41, 5.74) is 8.36. The molecule has 1 aliphatic rings. The number of benzene rings is 2. The van der Waals surface area contributed by atoms with E-state index in [9.17, 15) is 4.79 Å². The molecule has 0 spiro atoms. The molecule has 2 aromatic carbocycles. The number of nitrogens with zero attached hydrogens (tertiary/aromatic N) is 1. The van der Waals surface area contributed by atoms with Crippen LogP contribution >= 0.6 is 11.8 Å². The van der Waals surface area contributed by atoms with E-state index in [0.717, 1.165) is 29.8 Å². The zero-order valence-electron chi connectivity index (χ0n) is 16.0. The Morgan fingerprint density at radius 1 is 1.21 bits per heavy atom. The van der Waals surface area contributed by atoms with E-state index in [-0.39, 0.29) is 11.4 Å². The smallest absolute Gasteiger partial charge is 0.251 e. The Morgan fingerprint density at radius 2 is 1.96 bits per heavy atom. The molecule has 28 heavy (non-hydrogen) atoms. The molecule has 6 heteroatoms. The molecule has 1 unspecified atom stereocenters. The fraction of sp³-hybridized carbons (Fsp3) is 0.273. The first-order chi connectivity index (χ1) is 13.6. The number of nitrogens with one attached hydrogen (secondary N) is 2. The van der Waals surface area contributed by atoms with Crippen molar-refractivity contribution < 1.29 is 4.79 Å². The van der Waals surface area contributed by atoms with Crippen LogP contribution in [0.4, 0.5) is 5.69 Å². The number of nitrogens with two attached hydrogens (primary N) is 1. The number of rotatable bonds is 7. The first-order valence-electron chi connectivity index (χ1n) is 9.40. The average Bonchev–Trinajstić information content (AvgIpc) is 2.71. The van der Waals surface area contributed by atoms with Gasteiger partial charge in [0.2, 0.25) is 0 Å². The number of aliphatic imine (C=N–C) groups is 1. The molecule has 1 aliphatic heterocycles. The largest absolute Gasteiger partial charge is 0.379 e. The van der Waals surface area contributed by atoms with E-state index in [2.05, 4.69) is 22.5 Å². The van der Waals surface area contributed by atoms with Crippen LogP contribution in [-0.2, 0) is 5.54 Å². The lowest BCUT2D eigenvalue weighted by atomic mass is 9.89. The van der Waals surface area contributed by atoms with Crippen LogP contribution in [0.1, 0.15) is 35.7 Å². The van der Waals surface area contributed by atoms with Gasteiger partial charge in [0.1, 0.15) is 0 Å². The molecule has 4 N–H and O–H groups in total. The van der Waals surface area contributed by atoms with E-state index in [0.29, 0.717) is 17.3 Å². The normalized spacial score (nSPS) is 19.2. The lowest BCUT2D eigenvalue weighted by molar-refractivity contribution is 0.0954. The second-order valence-corrected chi connectivity index (χ2v) is 7.97. The minimum Gasteiger partial charge on any atom is -0.379 e. The molecule has 1 amide bonds. The predicted molar refractivity (Wildman–Crippen MR) is 119 cm³/mol. The maximum absolute atomic E-state index is 12.3. The highest BCUT2D eigenvalue weighted by Crippen LogP contribution is 2.34. The third kappa shape index (κ3) is 5.39. The fourth-order valence-corrected chi connectivity index (χ4v) is 3.99. The van der Waals surface area contributed by atoms with Crippen LogP contribution in [0, 0.1) is 0 Å². The van der Waals surface area contributed by atoms with Gasteiger partial charge in [0.25, 0.3) is 5.91 Å². The monoisotopic (exact) mass is 394 g/mol. The summed E-state index contributed by atoms with van der Waals surface area (Å²) >= 11 is 1.59. The van der Waals surface area contributed by atoms with Crippen molar-refractivity contribution in [2.45, 2.75) is 25.3 Å². The molecule has 0 fully saturated rings. The van der Waals surface area contributed by atoms with Crippen LogP contribution < -0.4 is 16.4 Å². The SMILES string of the molecule is CC1(c2ccc(C(=O)NCC/C=C/Nc3ccccc3)cc2)CCSC(N)=N1. The first-order valence-corrected chi connectivity index (χ1v) is 10.4. The van der Waals surface area contributed by atoms with Crippen LogP contribution in [-0.4, -0.2) is 23.4 Å². The molecule has 0 aromatic heterocycles. The van der Waals surface area contributed by atoms with Gasteiger partial charge < -0.3 is 16.4 Å². The predicted octanol–water partition coefficient (Wildman–Crippen LogP) is 4.10. The van der Waals surface area contributed by atoms with Crippen molar-refractivity contribution in [2.24, 2.45) is 10.7 Å². The standard InChI is InChI=1S/C22H26N4OS/c1-22(13-16-28-21(23)26-22)18-11-9-17(10-12-18)20(27)25-15-6-5-14-24-19-7-3-2-4-8-19/h2-5,7-12,14,24H,6,13,15-16H2,1H3,(H2,23,26)(H,25,27)/b14-5+. The van der Waals surface area contributed by atoms with Gasteiger partial charge in [-0.3, -0.25) is 9.79 Å². The van der Waals surface area contributed by atoms with Crippen molar-refractivity contribution in [3.63, 3.8) is 0 Å². The Balaban J connectivity index is 1.46. The number of amidine groups is 1. The summed E-state index contributed by atoms with van der Waals surface area (Å²) in [5.74, 6) is 0.893. The summed E-state index contributed by atoms with van der Waals surface area (Å²) in [7, 11) is 0. The molecule has 0 bridgehead atoms. The van der Waals surface area contributed by atoms with Crippen molar-refractivity contribution in [1.29, 1.82) is 0 Å². The van der Waals surface area contributed by atoms with Gasteiger partial charge in [-0.05, 0) is 55.8 Å². The van der Waals surface area contributed by atoms with Crippen LogP contribution in [0.5, 0.6) is 0 Å². The molecule has 3 rings (SSSR count). The third-order valence-electron chi connectivity index (χ3n) is 4.70. The summed E-state index contributed by atoms with van der Waals surface area (Å²) in [4.78, 5) is 16.9. The van der Waals surface area contributed by atoms with Gasteiger partial charge in [0.15, 0.2) is 5.17 Å². The third-order valence-corrected chi connectivity index (χ3v) is 5.50. The maximum Gasteiger partial charge on any atom is 0.251 e. The van der Waals surface area contributed by atoms with Gasteiger partial charge in [-0.15, -0.1) is 0 Å². The van der Waals surface area contributed by atoms with Crippen molar-refractivity contribution in [1.82, 2.24) is 5.32 Å². The minimum absolute atomic E-state index is 0.0664. The molecule has 1 heterocycles. The number of carbonyl (C=O) groups excluding carboxylic acids is 1. The maximum atomic E-state index is 12.3. The Kier molecular flexibility index (Phi) is 6.76. The minimum atomic E-state index is -0.305. The molecule has 0 saturated heterocycles. The van der Waals surface area contributed by atoms with E-state index in [1.807, 2.05) is 66.9 Å². The molecule has 2 aromatic rings. The molecule has 0 radical (unpaired) electrons. The van der Waals surface area contributed by atoms with Gasteiger partial charge in [-0.1, -0.05) is 48.2 Å². The second kappa shape index (κ2) is 9.46. The summed E-state index contributed by atoms with van der Waals surface area (Å²) < 4.78 is 0. The summed E-state index contributed by atoms with van der Waals surface area (Å²) in [6.45, 7) is 2.67. The number of amides is 1. The Bertz CT molecular complexity index is 849. The van der Waals surface area contributed by atoms with E-state index in [1.165, 1.54) is 0 Å². The van der Waals surface area contributed by atoms with E-state index in [4.69, 9.17) is 5.73 Å². The van der Waals surface area contributed by atoms with E-state index in [1.54, 1.807) is 11.8 Å². The molecule has 0 aliphatic carbocycles. The number of hydrogen-bond donors (Lipinski definition) is 3. The quantitative estimate of drug-likeness (QED) is 0.618. The molecule has 0 saturated carbocycles. The zero-order chi connectivity index (χ0) is 19.8. The number of hydrogen-bond acceptors (Lipinski definition) is 5.